The van der Waals surface area contributed by atoms with Gasteiger partial charge in [-0.3, -0.25) is 19.2 Å². The molecule has 0 unspecified atom stereocenters. The zero-order valence-corrected chi connectivity index (χ0v) is 25.6. The monoisotopic (exact) mass is 602 g/mol. The van der Waals surface area contributed by atoms with Gasteiger partial charge in [-0.25, -0.2) is 0 Å². The van der Waals surface area contributed by atoms with Crippen LogP contribution in [-0.4, -0.2) is 11.9 Å². The van der Waals surface area contributed by atoms with E-state index in [9.17, 15) is 19.2 Å². The number of carbonyl (C=O) groups is 2. The second-order valence-electron chi connectivity index (χ2n) is 10.5. The minimum atomic E-state index is -0.402. The van der Waals surface area contributed by atoms with E-state index < -0.39 is 11.9 Å². The van der Waals surface area contributed by atoms with Crippen molar-refractivity contribution in [1.29, 1.82) is 0 Å². The van der Waals surface area contributed by atoms with Crippen LogP contribution in [0.3, 0.4) is 0 Å². The van der Waals surface area contributed by atoms with E-state index in [1.54, 1.807) is 12.1 Å². The molecule has 6 nitrogen and oxygen atoms in total. The second-order valence-corrected chi connectivity index (χ2v) is 12.4. The van der Waals surface area contributed by atoms with E-state index in [1.165, 1.54) is 22.7 Å². The molecule has 42 heavy (non-hydrogen) atoms. The Kier molecular flexibility index (Phi) is 9.65. The minimum absolute atomic E-state index is 0.197. The number of ether oxygens (including phenoxy) is 2. The molecule has 0 saturated heterocycles. The lowest BCUT2D eigenvalue weighted by Crippen LogP contribution is -2.09. The summed E-state index contributed by atoms with van der Waals surface area (Å²) in [4.78, 5) is 54.8. The lowest BCUT2D eigenvalue weighted by Gasteiger charge is -2.08. The van der Waals surface area contributed by atoms with Crippen LogP contribution < -0.4 is 20.3 Å². The Hall–Kier alpha value is -3.62. The number of hydrogen-bond acceptors (Lipinski definition) is 8. The predicted octanol–water partition coefficient (Wildman–Crippen LogP) is 8.80. The van der Waals surface area contributed by atoms with Crippen molar-refractivity contribution in [1.82, 2.24) is 0 Å². The van der Waals surface area contributed by atoms with Gasteiger partial charge in [0.25, 0.3) is 0 Å². The van der Waals surface area contributed by atoms with Gasteiger partial charge in [-0.15, -0.1) is 22.7 Å². The summed E-state index contributed by atoms with van der Waals surface area (Å²) in [6.07, 6.45) is 7.96. The summed E-state index contributed by atoms with van der Waals surface area (Å²) in [6.45, 7) is 4.22. The maximum atomic E-state index is 13.8. The van der Waals surface area contributed by atoms with Crippen LogP contribution in [0.25, 0.3) is 42.4 Å². The molecule has 0 atom stereocenters. The molecule has 2 heterocycles. The van der Waals surface area contributed by atoms with Crippen molar-refractivity contribution in [3.8, 4) is 32.4 Å². The van der Waals surface area contributed by atoms with Crippen LogP contribution in [0.4, 0.5) is 0 Å². The molecule has 0 aliphatic carbocycles. The fourth-order valence-corrected chi connectivity index (χ4v) is 6.85. The first-order chi connectivity index (χ1) is 20.4. The number of unbranched alkanes of at least 4 members (excludes halogenated alkanes) is 6. The van der Waals surface area contributed by atoms with Crippen LogP contribution >= 0.6 is 22.7 Å². The van der Waals surface area contributed by atoms with Crippen LogP contribution in [0, 0.1) is 0 Å². The van der Waals surface area contributed by atoms with Gasteiger partial charge in [-0.1, -0.05) is 64.5 Å². The van der Waals surface area contributed by atoms with Crippen LogP contribution in [0.2, 0.25) is 0 Å². The van der Waals surface area contributed by atoms with E-state index in [-0.39, 0.29) is 35.2 Å². The van der Waals surface area contributed by atoms with Gasteiger partial charge in [0, 0.05) is 44.1 Å². The SMILES string of the molecule is CCCCCCC(=O)Oc1c(-c2cccs2)c(=O)c2cc3c(=O)c(-c4cccs4)c(OC(=O)CCCCCC)c3cc12. The van der Waals surface area contributed by atoms with Gasteiger partial charge in [-0.05, 0) is 47.9 Å². The summed E-state index contributed by atoms with van der Waals surface area (Å²) in [6, 6.07) is 10.6. The van der Waals surface area contributed by atoms with Crippen molar-refractivity contribution >= 4 is 56.2 Å². The fourth-order valence-electron chi connectivity index (χ4n) is 5.32. The largest absolute Gasteiger partial charge is 0.425 e. The summed E-state index contributed by atoms with van der Waals surface area (Å²) in [5.74, 6) is -0.409. The summed E-state index contributed by atoms with van der Waals surface area (Å²) in [5, 5.41) is 5.19. The summed E-state index contributed by atoms with van der Waals surface area (Å²) in [5.41, 5.74) is 0.0386. The van der Waals surface area contributed by atoms with Crippen LogP contribution in [-0.2, 0) is 9.59 Å². The van der Waals surface area contributed by atoms with Crippen molar-refractivity contribution in [2.75, 3.05) is 0 Å². The molecular weight excluding hydrogens is 569 g/mol. The number of fused-ring (bicyclic) bond motifs is 2. The number of thiophene rings is 2. The zero-order chi connectivity index (χ0) is 29.6. The Labute approximate surface area is 252 Å². The summed E-state index contributed by atoms with van der Waals surface area (Å²) in [7, 11) is 0. The molecule has 0 bridgehead atoms. The highest BCUT2D eigenvalue weighted by Gasteiger charge is 2.28. The van der Waals surface area contributed by atoms with Gasteiger partial charge in [0.2, 0.25) is 0 Å². The Morgan fingerprint density at radius 2 is 1.05 bits per heavy atom. The van der Waals surface area contributed by atoms with Crippen molar-refractivity contribution in [3.05, 3.63) is 67.6 Å². The van der Waals surface area contributed by atoms with Gasteiger partial charge in [-0.2, -0.15) is 0 Å². The molecule has 0 amide bonds. The standard InChI is InChI=1S/C34H34O6S2/c1-3-5-7-9-15-27(35)39-33-23-20-24-22(19-21(23)31(37)29(33)25-13-11-17-41-25)32(38)30(26-14-12-18-42-26)34(24)40-28(36)16-10-8-6-4-2/h11-14,17-20H,3-10,15-16H2,1-2H3. The van der Waals surface area contributed by atoms with Crippen molar-refractivity contribution in [2.24, 2.45) is 0 Å². The average molecular weight is 603 g/mol. The molecule has 218 valence electrons. The van der Waals surface area contributed by atoms with Crippen molar-refractivity contribution in [3.63, 3.8) is 0 Å². The third kappa shape index (κ3) is 6.10. The topological polar surface area (TPSA) is 86.7 Å². The molecule has 8 heteroatoms. The number of carbonyl (C=O) groups excluding carboxylic acids is 2. The smallest absolute Gasteiger partial charge is 0.311 e. The van der Waals surface area contributed by atoms with Gasteiger partial charge in [0.1, 0.15) is 0 Å². The van der Waals surface area contributed by atoms with E-state index in [0.29, 0.717) is 55.3 Å². The lowest BCUT2D eigenvalue weighted by atomic mass is 10.1. The van der Waals surface area contributed by atoms with E-state index >= 15 is 0 Å². The zero-order valence-electron chi connectivity index (χ0n) is 24.0. The third-order valence-corrected chi connectivity index (χ3v) is 9.26. The Balaban J connectivity index is 1.64. The molecular formula is C34H34O6S2. The number of hydrogen-bond donors (Lipinski definition) is 0. The van der Waals surface area contributed by atoms with E-state index in [1.807, 2.05) is 35.0 Å². The van der Waals surface area contributed by atoms with Gasteiger partial charge in [0.15, 0.2) is 22.4 Å². The molecule has 0 aliphatic rings. The van der Waals surface area contributed by atoms with E-state index in [0.717, 1.165) is 38.5 Å². The van der Waals surface area contributed by atoms with Crippen molar-refractivity contribution < 1.29 is 19.1 Å². The lowest BCUT2D eigenvalue weighted by molar-refractivity contribution is -0.135. The van der Waals surface area contributed by atoms with E-state index in [4.69, 9.17) is 9.47 Å². The molecule has 0 saturated carbocycles. The highest BCUT2D eigenvalue weighted by atomic mass is 32.1. The minimum Gasteiger partial charge on any atom is -0.425 e. The predicted molar refractivity (Wildman–Crippen MR) is 172 cm³/mol. The summed E-state index contributed by atoms with van der Waals surface area (Å²) >= 11 is 2.77. The van der Waals surface area contributed by atoms with Crippen LogP contribution in [0.15, 0.2) is 56.7 Å². The average Bonchev–Trinajstić information content (AvgIpc) is 3.78. The van der Waals surface area contributed by atoms with Crippen molar-refractivity contribution in [2.45, 2.75) is 78.1 Å². The summed E-state index contributed by atoms with van der Waals surface area (Å²) < 4.78 is 11.8. The Bertz CT molecular complexity index is 1650. The second kappa shape index (κ2) is 13.6. The Morgan fingerprint density at radius 1 is 0.619 bits per heavy atom. The van der Waals surface area contributed by atoms with Gasteiger partial charge < -0.3 is 9.47 Å². The van der Waals surface area contributed by atoms with E-state index in [2.05, 4.69) is 13.8 Å². The quantitative estimate of drug-likeness (QED) is 0.0933. The molecule has 2 aromatic heterocycles. The van der Waals surface area contributed by atoms with Crippen LogP contribution in [0.1, 0.15) is 78.1 Å². The van der Waals surface area contributed by atoms with Gasteiger partial charge >= 0.3 is 11.9 Å². The normalized spacial score (nSPS) is 11.5. The molecule has 0 aliphatic heterocycles. The highest BCUT2D eigenvalue weighted by Crippen LogP contribution is 2.44. The molecule has 0 N–H and O–H groups in total. The van der Waals surface area contributed by atoms with Crippen LogP contribution in [0.5, 0.6) is 11.5 Å². The highest BCUT2D eigenvalue weighted by molar-refractivity contribution is 7.13. The van der Waals surface area contributed by atoms with Gasteiger partial charge in [0.05, 0.1) is 11.1 Å². The number of rotatable bonds is 14. The molecule has 0 spiro atoms. The third-order valence-electron chi connectivity index (χ3n) is 7.48. The first-order valence-electron chi connectivity index (χ1n) is 14.7. The molecule has 5 aromatic rings. The first kappa shape index (κ1) is 29.9. The maximum absolute atomic E-state index is 13.8. The molecule has 0 radical (unpaired) electrons. The Morgan fingerprint density at radius 3 is 1.43 bits per heavy atom. The molecule has 3 aromatic carbocycles. The molecule has 5 rings (SSSR count). The molecule has 0 fully saturated rings. The number of esters is 2. The maximum Gasteiger partial charge on any atom is 0.311 e. The number of benzene rings is 1. The fraction of sp³-hybridized carbons (Fsp3) is 0.353. The first-order valence-corrected chi connectivity index (χ1v) is 16.5.